The van der Waals surface area contributed by atoms with Crippen molar-refractivity contribution in [1.82, 2.24) is 5.32 Å². The molecule has 0 amide bonds. The second-order valence-electron chi connectivity index (χ2n) is 3.97. The van der Waals surface area contributed by atoms with Crippen LogP contribution in [0.4, 0.5) is 0 Å². The molecule has 0 radical (unpaired) electrons. The summed E-state index contributed by atoms with van der Waals surface area (Å²) in [5, 5.41) is 12.5. The first-order valence-electron chi connectivity index (χ1n) is 5.37. The fraction of sp³-hybridized carbons (Fsp3) is 0.500. The Balaban J connectivity index is 2.40. The van der Waals surface area contributed by atoms with Gasteiger partial charge in [-0.15, -0.1) is 11.8 Å². The minimum absolute atomic E-state index is 0.161. The standard InChI is InChI=1S/C12H18BrNOS/c1-9(2)14-11(7-15)8-16-12-5-3-10(13)4-6-12/h3-6,9,11,14-15H,7-8H2,1-2H3. The number of nitrogens with one attached hydrogen (secondary N) is 1. The minimum atomic E-state index is 0.161. The van der Waals surface area contributed by atoms with Crippen molar-refractivity contribution < 1.29 is 5.11 Å². The van der Waals surface area contributed by atoms with Gasteiger partial charge in [-0.25, -0.2) is 0 Å². The lowest BCUT2D eigenvalue weighted by Crippen LogP contribution is -2.39. The van der Waals surface area contributed by atoms with Gasteiger partial charge in [0.1, 0.15) is 0 Å². The molecule has 0 spiro atoms. The van der Waals surface area contributed by atoms with Crippen LogP contribution in [-0.4, -0.2) is 29.5 Å². The molecule has 1 atom stereocenters. The van der Waals surface area contributed by atoms with E-state index in [1.807, 2.05) is 12.1 Å². The highest BCUT2D eigenvalue weighted by Gasteiger charge is 2.08. The molecule has 90 valence electrons. The van der Waals surface area contributed by atoms with Crippen LogP contribution in [0.25, 0.3) is 0 Å². The van der Waals surface area contributed by atoms with Crippen LogP contribution in [-0.2, 0) is 0 Å². The van der Waals surface area contributed by atoms with Crippen LogP contribution in [0.5, 0.6) is 0 Å². The van der Waals surface area contributed by atoms with Crippen LogP contribution >= 0.6 is 27.7 Å². The number of thioether (sulfide) groups is 1. The van der Waals surface area contributed by atoms with E-state index in [0.717, 1.165) is 10.2 Å². The third-order valence-corrected chi connectivity index (χ3v) is 3.76. The van der Waals surface area contributed by atoms with E-state index in [1.165, 1.54) is 4.90 Å². The molecule has 0 heterocycles. The number of aliphatic hydroxyl groups excluding tert-OH is 1. The van der Waals surface area contributed by atoms with Gasteiger partial charge in [0.05, 0.1) is 6.61 Å². The molecule has 0 saturated heterocycles. The summed E-state index contributed by atoms with van der Waals surface area (Å²) in [6.45, 7) is 4.36. The minimum Gasteiger partial charge on any atom is -0.395 e. The normalized spacial score (nSPS) is 13.1. The van der Waals surface area contributed by atoms with Gasteiger partial charge in [-0.1, -0.05) is 29.8 Å². The molecule has 1 aromatic carbocycles. The number of hydrogen-bond donors (Lipinski definition) is 2. The lowest BCUT2D eigenvalue weighted by molar-refractivity contribution is 0.247. The third kappa shape index (κ3) is 5.34. The van der Waals surface area contributed by atoms with Crippen LogP contribution in [0.1, 0.15) is 13.8 Å². The molecule has 0 aliphatic rings. The van der Waals surface area contributed by atoms with Crippen molar-refractivity contribution in [1.29, 1.82) is 0 Å². The summed E-state index contributed by atoms with van der Waals surface area (Å²) in [6, 6.07) is 8.80. The summed E-state index contributed by atoms with van der Waals surface area (Å²) in [4.78, 5) is 1.23. The summed E-state index contributed by atoms with van der Waals surface area (Å²) in [5.41, 5.74) is 0. The summed E-state index contributed by atoms with van der Waals surface area (Å²) in [5.74, 6) is 0.885. The monoisotopic (exact) mass is 303 g/mol. The fourth-order valence-electron chi connectivity index (χ4n) is 1.35. The summed E-state index contributed by atoms with van der Waals surface area (Å²) >= 11 is 5.17. The van der Waals surface area contributed by atoms with Crippen LogP contribution < -0.4 is 5.32 Å². The predicted molar refractivity (Wildman–Crippen MR) is 74.0 cm³/mol. The van der Waals surface area contributed by atoms with E-state index in [4.69, 9.17) is 0 Å². The van der Waals surface area contributed by atoms with Gasteiger partial charge in [0.15, 0.2) is 0 Å². The summed E-state index contributed by atoms with van der Waals surface area (Å²) < 4.78 is 1.09. The molecular formula is C12H18BrNOS. The molecule has 2 N–H and O–H groups in total. The average Bonchev–Trinajstić information content (AvgIpc) is 2.26. The predicted octanol–water partition coefficient (Wildman–Crippen LogP) is 2.90. The van der Waals surface area contributed by atoms with Crippen LogP contribution in [0.2, 0.25) is 0 Å². The maximum absolute atomic E-state index is 9.21. The second-order valence-corrected chi connectivity index (χ2v) is 5.97. The molecule has 0 bridgehead atoms. The summed E-state index contributed by atoms with van der Waals surface area (Å²) in [7, 11) is 0. The van der Waals surface area contributed by atoms with E-state index < -0.39 is 0 Å². The molecule has 4 heteroatoms. The highest BCUT2D eigenvalue weighted by molar-refractivity contribution is 9.10. The van der Waals surface area contributed by atoms with E-state index in [2.05, 4.69) is 47.2 Å². The third-order valence-electron chi connectivity index (χ3n) is 2.05. The lowest BCUT2D eigenvalue weighted by atomic mass is 10.3. The first-order valence-corrected chi connectivity index (χ1v) is 7.15. The Hall–Kier alpha value is -0.0300. The fourth-order valence-corrected chi connectivity index (χ4v) is 2.54. The van der Waals surface area contributed by atoms with Crippen LogP contribution in [0, 0.1) is 0 Å². The van der Waals surface area contributed by atoms with Gasteiger partial charge in [0.25, 0.3) is 0 Å². The lowest BCUT2D eigenvalue weighted by Gasteiger charge is -2.18. The highest BCUT2D eigenvalue weighted by Crippen LogP contribution is 2.21. The van der Waals surface area contributed by atoms with Crippen molar-refractivity contribution in [3.63, 3.8) is 0 Å². The van der Waals surface area contributed by atoms with Crippen molar-refractivity contribution in [2.24, 2.45) is 0 Å². The molecule has 1 aromatic rings. The first kappa shape index (κ1) is 14.0. The Morgan fingerprint density at radius 1 is 1.31 bits per heavy atom. The van der Waals surface area contributed by atoms with Gasteiger partial charge in [-0.2, -0.15) is 0 Å². The molecule has 1 rings (SSSR count). The number of rotatable bonds is 6. The Morgan fingerprint density at radius 2 is 1.94 bits per heavy atom. The van der Waals surface area contributed by atoms with E-state index in [0.29, 0.717) is 6.04 Å². The molecule has 16 heavy (non-hydrogen) atoms. The Bertz CT molecular complexity index is 302. The molecular weight excluding hydrogens is 286 g/mol. The smallest absolute Gasteiger partial charge is 0.0592 e. The molecule has 0 fully saturated rings. The highest BCUT2D eigenvalue weighted by atomic mass is 79.9. The van der Waals surface area contributed by atoms with Crippen molar-refractivity contribution in [2.75, 3.05) is 12.4 Å². The Labute approximate surface area is 110 Å². The van der Waals surface area contributed by atoms with Gasteiger partial charge >= 0.3 is 0 Å². The van der Waals surface area contributed by atoms with E-state index >= 15 is 0 Å². The molecule has 0 aliphatic carbocycles. The zero-order valence-electron chi connectivity index (χ0n) is 9.61. The Morgan fingerprint density at radius 3 is 2.44 bits per heavy atom. The van der Waals surface area contributed by atoms with Crippen molar-refractivity contribution in [3.8, 4) is 0 Å². The van der Waals surface area contributed by atoms with Crippen LogP contribution in [0.15, 0.2) is 33.6 Å². The van der Waals surface area contributed by atoms with Gasteiger partial charge in [-0.05, 0) is 24.3 Å². The van der Waals surface area contributed by atoms with Gasteiger partial charge in [0.2, 0.25) is 0 Å². The number of benzene rings is 1. The van der Waals surface area contributed by atoms with Gasteiger partial charge in [0, 0.05) is 27.2 Å². The molecule has 1 unspecified atom stereocenters. The van der Waals surface area contributed by atoms with Crippen molar-refractivity contribution in [2.45, 2.75) is 30.8 Å². The average molecular weight is 304 g/mol. The van der Waals surface area contributed by atoms with Gasteiger partial charge in [-0.3, -0.25) is 0 Å². The van der Waals surface area contributed by atoms with E-state index in [9.17, 15) is 5.11 Å². The number of hydrogen-bond acceptors (Lipinski definition) is 3. The van der Waals surface area contributed by atoms with E-state index in [1.54, 1.807) is 11.8 Å². The number of halogens is 1. The van der Waals surface area contributed by atoms with E-state index in [-0.39, 0.29) is 12.6 Å². The largest absolute Gasteiger partial charge is 0.395 e. The second kappa shape index (κ2) is 7.33. The van der Waals surface area contributed by atoms with Crippen LogP contribution in [0.3, 0.4) is 0 Å². The topological polar surface area (TPSA) is 32.3 Å². The first-order chi connectivity index (χ1) is 7.61. The van der Waals surface area contributed by atoms with Crippen molar-refractivity contribution in [3.05, 3.63) is 28.7 Å². The Kier molecular flexibility index (Phi) is 6.43. The number of aliphatic hydroxyl groups is 1. The van der Waals surface area contributed by atoms with Crippen molar-refractivity contribution >= 4 is 27.7 Å². The maximum atomic E-state index is 9.21. The molecule has 0 aliphatic heterocycles. The zero-order chi connectivity index (χ0) is 12.0. The zero-order valence-corrected chi connectivity index (χ0v) is 12.0. The molecule has 0 saturated carbocycles. The van der Waals surface area contributed by atoms with Gasteiger partial charge < -0.3 is 10.4 Å². The maximum Gasteiger partial charge on any atom is 0.0592 e. The molecule has 2 nitrogen and oxygen atoms in total. The molecule has 0 aromatic heterocycles. The summed E-state index contributed by atoms with van der Waals surface area (Å²) in [6.07, 6.45) is 0. The SMILES string of the molecule is CC(C)NC(CO)CSc1ccc(Br)cc1. The quantitative estimate of drug-likeness (QED) is 0.793.